The van der Waals surface area contributed by atoms with Gasteiger partial charge in [0, 0.05) is 17.7 Å². The van der Waals surface area contributed by atoms with Crippen LogP contribution in [-0.4, -0.2) is 41.1 Å². The monoisotopic (exact) mass is 480 g/mol. The first-order valence-corrected chi connectivity index (χ1v) is 12.3. The molecule has 178 valence electrons. The number of amides is 1. The Hall–Kier alpha value is -3.33. The van der Waals surface area contributed by atoms with E-state index in [4.69, 9.17) is 19.2 Å². The molecule has 0 spiro atoms. The van der Waals surface area contributed by atoms with E-state index in [1.54, 1.807) is 31.3 Å². The van der Waals surface area contributed by atoms with Gasteiger partial charge in [-0.1, -0.05) is 50.2 Å². The second-order valence-electron chi connectivity index (χ2n) is 7.66. The van der Waals surface area contributed by atoms with Crippen LogP contribution in [0.5, 0.6) is 17.4 Å². The van der Waals surface area contributed by atoms with E-state index in [1.807, 2.05) is 37.3 Å². The highest BCUT2D eigenvalue weighted by atomic mass is 32.2. The van der Waals surface area contributed by atoms with Crippen molar-refractivity contribution in [3.05, 3.63) is 48.0 Å². The number of para-hydroxylation sites is 1. The summed E-state index contributed by atoms with van der Waals surface area (Å²) in [5, 5.41) is 9.34. The second kappa shape index (κ2) is 10.7. The number of methoxy groups -OCH3 is 2. The van der Waals surface area contributed by atoms with Crippen molar-refractivity contribution in [2.24, 2.45) is 0 Å². The number of fused-ring (bicyclic) bond motifs is 3. The smallest absolute Gasteiger partial charge is 0.247 e. The second-order valence-corrected chi connectivity index (χ2v) is 8.72. The SMILES string of the molecule is CCCCSc1nnc2c(n1)O[C@H](c1cc(OC)ccc1OC)N(C(=O)CC)c1ccccc1-2. The number of carbonyl (C=O) groups is 1. The number of aromatic nitrogens is 3. The topological polar surface area (TPSA) is 86.7 Å². The lowest BCUT2D eigenvalue weighted by Crippen LogP contribution is -2.37. The molecule has 1 aliphatic heterocycles. The molecular weight excluding hydrogens is 452 g/mol. The molecule has 0 unspecified atom stereocenters. The fraction of sp³-hybridized carbons (Fsp3) is 0.360. The number of nitrogens with zero attached hydrogens (tertiary/aromatic N) is 4. The average molecular weight is 481 g/mol. The van der Waals surface area contributed by atoms with Gasteiger partial charge in [0.1, 0.15) is 11.5 Å². The Morgan fingerprint density at radius 1 is 1.12 bits per heavy atom. The first-order chi connectivity index (χ1) is 16.6. The summed E-state index contributed by atoms with van der Waals surface area (Å²) < 4.78 is 17.6. The van der Waals surface area contributed by atoms with E-state index < -0.39 is 6.23 Å². The van der Waals surface area contributed by atoms with E-state index in [9.17, 15) is 4.79 Å². The molecule has 9 heteroatoms. The number of anilines is 1. The third-order valence-electron chi connectivity index (χ3n) is 5.51. The van der Waals surface area contributed by atoms with Crippen LogP contribution in [-0.2, 0) is 4.79 Å². The normalized spacial score (nSPS) is 14.5. The minimum atomic E-state index is -0.843. The number of hydrogen-bond donors (Lipinski definition) is 0. The number of ether oxygens (including phenoxy) is 3. The summed E-state index contributed by atoms with van der Waals surface area (Å²) in [6.45, 7) is 3.96. The van der Waals surface area contributed by atoms with Crippen LogP contribution in [0, 0.1) is 0 Å². The van der Waals surface area contributed by atoms with Crippen molar-refractivity contribution >= 4 is 23.4 Å². The van der Waals surface area contributed by atoms with Gasteiger partial charge < -0.3 is 14.2 Å². The molecule has 34 heavy (non-hydrogen) atoms. The van der Waals surface area contributed by atoms with Crippen LogP contribution in [0.3, 0.4) is 0 Å². The summed E-state index contributed by atoms with van der Waals surface area (Å²) in [6.07, 6.45) is 1.58. The van der Waals surface area contributed by atoms with Crippen LogP contribution in [0.4, 0.5) is 5.69 Å². The van der Waals surface area contributed by atoms with E-state index in [0.717, 1.165) is 24.2 Å². The van der Waals surface area contributed by atoms with Gasteiger partial charge >= 0.3 is 0 Å². The fourth-order valence-corrected chi connectivity index (χ4v) is 4.62. The van der Waals surface area contributed by atoms with Crippen molar-refractivity contribution in [1.29, 1.82) is 0 Å². The van der Waals surface area contributed by atoms with E-state index in [2.05, 4.69) is 17.1 Å². The molecule has 1 amide bonds. The van der Waals surface area contributed by atoms with E-state index >= 15 is 0 Å². The highest BCUT2D eigenvalue weighted by molar-refractivity contribution is 7.99. The minimum absolute atomic E-state index is 0.111. The summed E-state index contributed by atoms with van der Waals surface area (Å²) in [6, 6.07) is 13.0. The Balaban J connectivity index is 1.91. The lowest BCUT2D eigenvalue weighted by molar-refractivity contribution is -0.120. The number of unbranched alkanes of at least 4 members (excludes halogenated alkanes) is 1. The Bertz CT molecular complexity index is 1170. The molecule has 0 saturated carbocycles. The molecule has 0 radical (unpaired) electrons. The third kappa shape index (κ3) is 4.65. The van der Waals surface area contributed by atoms with Crippen molar-refractivity contribution in [3.63, 3.8) is 0 Å². The molecule has 8 nitrogen and oxygen atoms in total. The van der Waals surface area contributed by atoms with Gasteiger partial charge in [-0.2, -0.15) is 4.98 Å². The highest BCUT2D eigenvalue weighted by Gasteiger charge is 2.37. The molecule has 0 saturated heterocycles. The van der Waals surface area contributed by atoms with E-state index in [-0.39, 0.29) is 12.3 Å². The van der Waals surface area contributed by atoms with E-state index in [1.165, 1.54) is 11.8 Å². The number of hydrogen-bond acceptors (Lipinski definition) is 8. The Morgan fingerprint density at radius 3 is 2.68 bits per heavy atom. The maximum atomic E-state index is 13.3. The Kier molecular flexibility index (Phi) is 7.52. The number of rotatable bonds is 8. The first kappa shape index (κ1) is 23.8. The van der Waals surface area contributed by atoms with Crippen LogP contribution in [0.1, 0.15) is 44.9 Å². The Morgan fingerprint density at radius 2 is 1.94 bits per heavy atom. The van der Waals surface area contributed by atoms with Gasteiger partial charge in [-0.15, -0.1) is 10.2 Å². The van der Waals surface area contributed by atoms with Gasteiger partial charge in [0.2, 0.25) is 23.2 Å². The standard InChI is InChI=1S/C25H28N4O4S/c1-5-7-14-34-25-26-23-22(27-28-25)17-10-8-9-11-19(17)29(21(30)6-2)24(33-23)18-15-16(31-3)12-13-20(18)32-4/h8-13,15,24H,5-7,14H2,1-4H3/t24-/m1/s1. The lowest BCUT2D eigenvalue weighted by Gasteiger charge is -2.31. The summed E-state index contributed by atoms with van der Waals surface area (Å²) in [5.74, 6) is 2.29. The minimum Gasteiger partial charge on any atom is -0.497 e. The van der Waals surface area contributed by atoms with Gasteiger partial charge in [0.05, 0.1) is 25.5 Å². The van der Waals surface area contributed by atoms with Crippen molar-refractivity contribution in [2.75, 3.05) is 24.9 Å². The molecule has 2 heterocycles. The van der Waals surface area contributed by atoms with Crippen LogP contribution in [0.15, 0.2) is 47.6 Å². The first-order valence-electron chi connectivity index (χ1n) is 11.3. The fourth-order valence-electron chi connectivity index (χ4n) is 3.76. The highest BCUT2D eigenvalue weighted by Crippen LogP contribution is 2.45. The lowest BCUT2D eigenvalue weighted by atomic mass is 10.1. The van der Waals surface area contributed by atoms with Crippen LogP contribution < -0.4 is 19.1 Å². The van der Waals surface area contributed by atoms with Gasteiger partial charge in [-0.3, -0.25) is 9.69 Å². The molecule has 4 rings (SSSR count). The average Bonchev–Trinajstić information content (AvgIpc) is 3.02. The molecule has 2 aromatic carbocycles. The zero-order chi connectivity index (χ0) is 24.1. The predicted molar refractivity (Wildman–Crippen MR) is 132 cm³/mol. The van der Waals surface area contributed by atoms with Crippen LogP contribution >= 0.6 is 11.8 Å². The number of benzene rings is 2. The molecule has 3 aromatic rings. The summed E-state index contributed by atoms with van der Waals surface area (Å²) in [7, 11) is 3.18. The summed E-state index contributed by atoms with van der Waals surface area (Å²) in [5.41, 5.74) is 2.54. The van der Waals surface area contributed by atoms with Gasteiger partial charge in [-0.05, 0) is 30.7 Å². The van der Waals surface area contributed by atoms with Gasteiger partial charge in [-0.25, -0.2) is 0 Å². The van der Waals surface area contributed by atoms with Crippen molar-refractivity contribution < 1.29 is 19.0 Å². The zero-order valence-corrected chi connectivity index (χ0v) is 20.6. The molecule has 0 N–H and O–H groups in total. The molecular formula is C25H28N4O4S. The third-order valence-corrected chi connectivity index (χ3v) is 6.44. The quantitative estimate of drug-likeness (QED) is 0.318. The zero-order valence-electron chi connectivity index (χ0n) is 19.8. The number of thioether (sulfide) groups is 1. The molecule has 0 fully saturated rings. The van der Waals surface area contributed by atoms with Crippen molar-refractivity contribution in [2.45, 2.75) is 44.5 Å². The molecule has 0 bridgehead atoms. The van der Waals surface area contributed by atoms with E-state index in [0.29, 0.717) is 39.5 Å². The van der Waals surface area contributed by atoms with Gasteiger partial charge in [0.15, 0.2) is 5.69 Å². The summed E-state index contributed by atoms with van der Waals surface area (Å²) in [4.78, 5) is 19.7. The van der Waals surface area contributed by atoms with Crippen LogP contribution in [0.25, 0.3) is 11.3 Å². The Labute approximate surface area is 203 Å². The van der Waals surface area contributed by atoms with Crippen molar-refractivity contribution in [3.8, 4) is 28.6 Å². The molecule has 1 aromatic heterocycles. The molecule has 1 aliphatic rings. The molecule has 1 atom stereocenters. The molecule has 0 aliphatic carbocycles. The number of carbonyl (C=O) groups excluding carboxylic acids is 1. The van der Waals surface area contributed by atoms with Crippen molar-refractivity contribution in [1.82, 2.24) is 15.2 Å². The maximum Gasteiger partial charge on any atom is 0.247 e. The van der Waals surface area contributed by atoms with Gasteiger partial charge in [0.25, 0.3) is 0 Å². The predicted octanol–water partition coefficient (Wildman–Crippen LogP) is 5.28. The van der Waals surface area contributed by atoms with Crippen LogP contribution in [0.2, 0.25) is 0 Å². The largest absolute Gasteiger partial charge is 0.497 e. The summed E-state index contributed by atoms with van der Waals surface area (Å²) >= 11 is 1.54. The maximum absolute atomic E-state index is 13.3.